The number of amides is 3. The van der Waals surface area contributed by atoms with Gasteiger partial charge in [-0.1, -0.05) is 29.8 Å². The second-order valence-electron chi connectivity index (χ2n) is 9.80. The highest BCUT2D eigenvalue weighted by Crippen LogP contribution is 2.27. The monoisotopic (exact) mass is 552 g/mol. The Morgan fingerprint density at radius 2 is 1.90 bits per heavy atom. The molecule has 5 rings (SSSR count). The average molecular weight is 553 g/mol. The Labute approximate surface area is 228 Å². The Morgan fingerprint density at radius 1 is 1.15 bits per heavy atom. The molecule has 1 fully saturated rings. The predicted molar refractivity (Wildman–Crippen MR) is 147 cm³/mol. The molecule has 2 aromatic heterocycles. The Morgan fingerprint density at radius 3 is 2.64 bits per heavy atom. The first kappa shape index (κ1) is 26.2. The number of aliphatic imine (C=N–C) groups is 1. The molecule has 0 unspecified atom stereocenters. The van der Waals surface area contributed by atoms with Crippen molar-refractivity contribution in [3.05, 3.63) is 46.9 Å². The van der Waals surface area contributed by atoms with Gasteiger partial charge in [-0.2, -0.15) is 0 Å². The zero-order valence-corrected chi connectivity index (χ0v) is 22.0. The van der Waals surface area contributed by atoms with Crippen molar-refractivity contribution in [1.82, 2.24) is 35.8 Å². The molecule has 4 heterocycles. The summed E-state index contributed by atoms with van der Waals surface area (Å²) in [6.45, 7) is 2.78. The summed E-state index contributed by atoms with van der Waals surface area (Å²) >= 11 is 5.88. The molecule has 0 aliphatic carbocycles. The molecule has 13 nitrogen and oxygen atoms in total. The van der Waals surface area contributed by atoms with E-state index in [0.717, 1.165) is 16.5 Å². The van der Waals surface area contributed by atoms with Crippen molar-refractivity contribution in [2.45, 2.75) is 37.8 Å². The van der Waals surface area contributed by atoms with Crippen LogP contribution in [0.5, 0.6) is 0 Å². The highest BCUT2D eigenvalue weighted by molar-refractivity contribution is 6.31. The van der Waals surface area contributed by atoms with Crippen LogP contribution in [0.4, 0.5) is 11.6 Å². The van der Waals surface area contributed by atoms with E-state index < -0.39 is 17.5 Å². The van der Waals surface area contributed by atoms with Gasteiger partial charge < -0.3 is 32.0 Å². The van der Waals surface area contributed by atoms with Gasteiger partial charge in [-0.05, 0) is 24.5 Å². The van der Waals surface area contributed by atoms with Gasteiger partial charge in [0.25, 0.3) is 5.91 Å². The molecule has 8 N–H and O–H groups in total. The summed E-state index contributed by atoms with van der Waals surface area (Å²) in [5.41, 5.74) is 12.7. The number of fused-ring (bicyclic) bond motifs is 1. The number of H-pyrrole nitrogens is 1. The van der Waals surface area contributed by atoms with Crippen LogP contribution in [0.15, 0.2) is 35.5 Å². The highest BCUT2D eigenvalue weighted by Gasteiger charge is 2.41. The number of hydrogen-bond donors (Lipinski definition) is 6. The van der Waals surface area contributed by atoms with Crippen LogP contribution in [0.3, 0.4) is 0 Å². The number of nitrogen functional groups attached to an aromatic ring is 2. The fourth-order valence-corrected chi connectivity index (χ4v) is 5.16. The van der Waals surface area contributed by atoms with E-state index in [1.165, 1.54) is 6.92 Å². The average Bonchev–Trinajstić information content (AvgIpc) is 3.49. The number of anilines is 2. The number of carbonyl (C=O) groups excluding carboxylic acids is 3. The number of hydrogen-bond acceptors (Lipinski definition) is 9. The Balaban J connectivity index is 1.20. The summed E-state index contributed by atoms with van der Waals surface area (Å²) in [5.74, 6) is -0.939. The summed E-state index contributed by atoms with van der Waals surface area (Å²) in [5, 5.41) is 9.68. The number of nitrogens with zero attached hydrogens (tertiary/aromatic N) is 4. The molecule has 1 spiro atoms. The van der Waals surface area contributed by atoms with E-state index in [1.807, 2.05) is 30.5 Å². The van der Waals surface area contributed by atoms with E-state index in [2.05, 4.69) is 35.9 Å². The van der Waals surface area contributed by atoms with Crippen molar-refractivity contribution in [2.75, 3.05) is 31.1 Å². The molecule has 1 atom stereocenters. The second kappa shape index (κ2) is 10.4. The third-order valence-corrected chi connectivity index (χ3v) is 7.36. The van der Waals surface area contributed by atoms with E-state index in [-0.39, 0.29) is 40.3 Å². The van der Waals surface area contributed by atoms with Crippen LogP contribution < -0.4 is 27.4 Å². The van der Waals surface area contributed by atoms with E-state index in [9.17, 15) is 14.4 Å². The molecule has 14 heteroatoms. The van der Waals surface area contributed by atoms with Gasteiger partial charge in [0, 0.05) is 43.5 Å². The van der Waals surface area contributed by atoms with Gasteiger partial charge in [0.05, 0.1) is 12.1 Å². The zero-order chi connectivity index (χ0) is 27.7. The summed E-state index contributed by atoms with van der Waals surface area (Å²) in [7, 11) is 0. The predicted octanol–water partition coefficient (Wildman–Crippen LogP) is 0.573. The number of likely N-dealkylation sites (tertiary alicyclic amines) is 1. The summed E-state index contributed by atoms with van der Waals surface area (Å²) in [6, 6.07) is 7.17. The van der Waals surface area contributed by atoms with Gasteiger partial charge in [-0.3, -0.25) is 24.7 Å². The fourth-order valence-electron chi connectivity index (χ4n) is 5.03. The SMILES string of the molecule is CC(=O)N[C@@H](Cc1c[nH]c2ccccc12)C(=O)N1CCC2(CC1)CN=C(NC(=O)c1nc(Cl)c(N)nc1N)N2. The summed E-state index contributed by atoms with van der Waals surface area (Å²) in [4.78, 5) is 55.3. The first-order chi connectivity index (χ1) is 18.6. The van der Waals surface area contributed by atoms with Crippen LogP contribution in [0, 0.1) is 0 Å². The quantitative estimate of drug-likeness (QED) is 0.264. The Bertz CT molecular complexity index is 1480. The lowest BCUT2D eigenvalue weighted by molar-refractivity contribution is -0.137. The summed E-state index contributed by atoms with van der Waals surface area (Å²) in [6.07, 6.45) is 3.47. The molecular weight excluding hydrogens is 524 g/mol. The molecule has 39 heavy (non-hydrogen) atoms. The largest absolute Gasteiger partial charge is 0.382 e. The zero-order valence-electron chi connectivity index (χ0n) is 21.3. The lowest BCUT2D eigenvalue weighted by atomic mass is 9.88. The van der Waals surface area contributed by atoms with Crippen LogP contribution in [0.1, 0.15) is 35.8 Å². The number of aromatic amines is 1. The van der Waals surface area contributed by atoms with Crippen molar-refractivity contribution in [3.8, 4) is 0 Å². The van der Waals surface area contributed by atoms with Gasteiger partial charge in [-0.25, -0.2) is 9.97 Å². The number of carbonyl (C=O) groups is 3. The minimum atomic E-state index is -0.684. The van der Waals surface area contributed by atoms with Crippen molar-refractivity contribution in [3.63, 3.8) is 0 Å². The maximum atomic E-state index is 13.5. The molecule has 1 aromatic carbocycles. The maximum absolute atomic E-state index is 13.5. The molecule has 0 saturated carbocycles. The standard InChI is InChI=1S/C25H29ClN10O3/c1-13(37)31-17(10-14-11-29-16-5-3-2-4-15(14)16)23(39)36-8-6-25(7-9-36)12-30-24(35-25)34-22(38)18-20(27)33-21(28)19(26)32-18/h2-5,11,17,29H,6-10,12H2,1H3,(H,31,37)(H4,27,28,33)(H2,30,34,35,38)/t17-/m0/s1. The fraction of sp³-hybridized carbons (Fsp3) is 0.360. The third kappa shape index (κ3) is 5.43. The smallest absolute Gasteiger partial charge is 0.280 e. The highest BCUT2D eigenvalue weighted by atomic mass is 35.5. The third-order valence-electron chi connectivity index (χ3n) is 7.08. The number of aromatic nitrogens is 3. The molecule has 2 aliphatic rings. The first-order valence-electron chi connectivity index (χ1n) is 12.5. The number of rotatable bonds is 5. The Kier molecular flexibility index (Phi) is 7.00. The first-order valence-corrected chi connectivity index (χ1v) is 12.9. The van der Waals surface area contributed by atoms with Crippen LogP contribution in [0.2, 0.25) is 5.15 Å². The number of benzene rings is 1. The van der Waals surface area contributed by atoms with Gasteiger partial charge >= 0.3 is 0 Å². The van der Waals surface area contributed by atoms with Crippen molar-refractivity contribution in [1.29, 1.82) is 0 Å². The molecule has 204 valence electrons. The molecule has 2 aliphatic heterocycles. The van der Waals surface area contributed by atoms with Crippen LogP contribution in [-0.2, 0) is 16.0 Å². The molecule has 0 radical (unpaired) electrons. The maximum Gasteiger partial charge on any atom is 0.280 e. The van der Waals surface area contributed by atoms with Crippen LogP contribution >= 0.6 is 11.6 Å². The Hall–Kier alpha value is -4.39. The number of nitrogens with one attached hydrogen (secondary N) is 4. The van der Waals surface area contributed by atoms with Gasteiger partial charge in [0.1, 0.15) is 6.04 Å². The second-order valence-corrected chi connectivity index (χ2v) is 10.2. The number of halogens is 1. The van der Waals surface area contributed by atoms with Crippen LogP contribution in [-0.4, -0.2) is 74.7 Å². The van der Waals surface area contributed by atoms with Crippen LogP contribution in [0.25, 0.3) is 10.9 Å². The normalized spacial score (nSPS) is 17.0. The van der Waals surface area contributed by atoms with E-state index in [4.69, 9.17) is 23.1 Å². The minimum Gasteiger partial charge on any atom is -0.382 e. The van der Waals surface area contributed by atoms with Gasteiger partial charge in [0.15, 0.2) is 28.4 Å². The number of nitrogens with two attached hydrogens (primary N) is 2. The minimum absolute atomic E-state index is 0.0653. The number of guanidine groups is 1. The van der Waals surface area contributed by atoms with Crippen molar-refractivity contribution in [2.24, 2.45) is 4.99 Å². The van der Waals surface area contributed by atoms with E-state index >= 15 is 0 Å². The molecule has 3 aromatic rings. The molecule has 1 saturated heterocycles. The molecular formula is C25H29ClN10O3. The molecule has 3 amide bonds. The topological polar surface area (TPSA) is 197 Å². The lowest BCUT2D eigenvalue weighted by Crippen LogP contribution is -2.59. The van der Waals surface area contributed by atoms with Crippen molar-refractivity contribution < 1.29 is 14.4 Å². The summed E-state index contributed by atoms with van der Waals surface area (Å²) < 4.78 is 0. The van der Waals surface area contributed by atoms with E-state index in [1.54, 1.807) is 4.90 Å². The molecule has 0 bridgehead atoms. The van der Waals surface area contributed by atoms with Gasteiger partial charge in [0.2, 0.25) is 11.8 Å². The van der Waals surface area contributed by atoms with Crippen molar-refractivity contribution >= 4 is 57.8 Å². The van der Waals surface area contributed by atoms with Gasteiger partial charge in [-0.15, -0.1) is 0 Å². The lowest BCUT2D eigenvalue weighted by Gasteiger charge is -2.40. The number of para-hydroxylation sites is 1. The van der Waals surface area contributed by atoms with E-state index in [0.29, 0.717) is 38.9 Å². The number of piperidine rings is 1.